The van der Waals surface area contributed by atoms with Crippen molar-refractivity contribution in [2.75, 3.05) is 19.8 Å². The van der Waals surface area contributed by atoms with Gasteiger partial charge in [-0.2, -0.15) is 0 Å². The van der Waals surface area contributed by atoms with E-state index in [-0.39, 0.29) is 62.7 Å². The fourth-order valence-electron chi connectivity index (χ4n) is 7.26. The van der Waals surface area contributed by atoms with Crippen LogP contribution in [0.4, 0.5) is 0 Å². The number of nitrogens with two attached hydrogens (primary N) is 3. The number of benzene rings is 3. The number of phenols is 1. The summed E-state index contributed by atoms with van der Waals surface area (Å²) in [5.41, 5.74) is 19.6. The molecule has 0 bridgehead atoms. The molecule has 69 heavy (non-hydrogen) atoms. The zero-order chi connectivity index (χ0) is 50.6. The van der Waals surface area contributed by atoms with Crippen molar-refractivity contribution in [3.8, 4) is 5.75 Å². The Morgan fingerprint density at radius 3 is 1.72 bits per heavy atom. The highest BCUT2D eigenvalue weighted by molar-refractivity contribution is 5.97. The number of aromatic hydroxyl groups is 1. The minimum Gasteiger partial charge on any atom is -0.508 e. The van der Waals surface area contributed by atoms with E-state index in [1.165, 1.54) is 24.3 Å². The number of carboxylic acid groups (broad SMARTS) is 1. The van der Waals surface area contributed by atoms with Crippen LogP contribution < -0.4 is 49.1 Å². The number of carbonyl (C=O) groups excluding carboxylic acids is 6. The van der Waals surface area contributed by atoms with Crippen LogP contribution in [0.2, 0.25) is 0 Å². The maximum absolute atomic E-state index is 14.4. The normalized spacial score (nSPS) is 14.2. The topological polar surface area (TPSA) is 379 Å². The summed E-state index contributed by atoms with van der Waals surface area (Å²) in [6.07, 6.45) is 1.52. The summed E-state index contributed by atoms with van der Waals surface area (Å²) in [5.74, 6) is -7.22. The number of aliphatic carboxylic acids is 1. The number of nitrogens with one attached hydrogen (secondary N) is 7. The van der Waals surface area contributed by atoms with E-state index in [1.54, 1.807) is 74.6 Å². The fourth-order valence-corrected chi connectivity index (χ4v) is 7.26. The first-order valence-corrected chi connectivity index (χ1v) is 22.3. The predicted molar refractivity (Wildman–Crippen MR) is 255 cm³/mol. The molecule has 0 saturated heterocycles. The minimum absolute atomic E-state index is 0.0278. The Bertz CT molecular complexity index is 2390. The number of nitrogens with zero attached hydrogens (tertiary/aromatic N) is 1. The molecule has 22 nitrogen and oxygen atoms in total. The van der Waals surface area contributed by atoms with Crippen LogP contribution in [0.1, 0.15) is 49.8 Å². The van der Waals surface area contributed by atoms with Gasteiger partial charge in [-0.3, -0.25) is 33.8 Å². The van der Waals surface area contributed by atoms with E-state index >= 15 is 0 Å². The van der Waals surface area contributed by atoms with E-state index in [4.69, 9.17) is 17.2 Å². The van der Waals surface area contributed by atoms with Crippen molar-refractivity contribution >= 4 is 58.3 Å². The quantitative estimate of drug-likeness (QED) is 0.0180. The maximum atomic E-state index is 14.4. The van der Waals surface area contributed by atoms with Gasteiger partial charge in [0.25, 0.3) is 0 Å². The number of H-pyrrole nitrogens is 1. The standard InChI is InChI=1S/C47H63N11O11/c1-26(2)19-35(42(64)56-37(44(66)58-39(25-60)46(68)69)22-29-23-52-33-12-7-6-11-31(29)33)54-43(65)36(21-28-14-16-30(61)17-15-28)55-41(63)34(13-8-18-51-47(49)50)53-45(67)38(24-59)57-40(62)32(48)20-27-9-4-3-5-10-27/h3-7,9-12,14-17,23,26,32,34-39,52,59-61H,8,13,18-22,24-25,48H2,1-2H3,(H,53,67)(H,54,65)(H,55,63)(H,56,64)(H,57,62)(H,58,66)(H,68,69)(H4,49,50,51)/t32-,34+,35-,36-,37-,38+,39-/m0/s1. The SMILES string of the molecule is CC(C)C[C@H](NC(=O)[C@H](Cc1ccc(O)cc1)NC(=O)[C@@H](CCCN=C(N)N)NC(=O)[C@@H](CO)NC(=O)[C@@H](N)Cc1ccccc1)C(=O)N[C@@H](Cc1c[nH]c2ccccc12)C(=O)N[C@@H](CO)C(=O)O. The monoisotopic (exact) mass is 957 g/mol. The molecule has 22 heteroatoms. The molecular formula is C47H63N11O11. The lowest BCUT2D eigenvalue weighted by Crippen LogP contribution is -2.60. The Labute approximate surface area is 398 Å². The number of hydrogen-bond donors (Lipinski definition) is 14. The average molecular weight is 958 g/mol. The highest BCUT2D eigenvalue weighted by Crippen LogP contribution is 2.20. The summed E-state index contributed by atoms with van der Waals surface area (Å²) in [6.45, 7) is 1.81. The Morgan fingerprint density at radius 1 is 0.609 bits per heavy atom. The van der Waals surface area contributed by atoms with Gasteiger partial charge in [0, 0.05) is 36.5 Å². The molecule has 4 rings (SSSR count). The third kappa shape index (κ3) is 17.2. The van der Waals surface area contributed by atoms with Gasteiger partial charge in [-0.25, -0.2) is 4.79 Å². The molecule has 17 N–H and O–H groups in total. The first kappa shape index (κ1) is 54.0. The van der Waals surface area contributed by atoms with Gasteiger partial charge in [-0.15, -0.1) is 0 Å². The minimum atomic E-state index is -1.69. The molecule has 0 spiro atoms. The number of amides is 6. The summed E-state index contributed by atoms with van der Waals surface area (Å²) in [7, 11) is 0. The number of aliphatic hydroxyl groups is 2. The summed E-state index contributed by atoms with van der Waals surface area (Å²) in [6, 6.07) is 11.9. The van der Waals surface area contributed by atoms with E-state index in [1.807, 2.05) is 0 Å². The molecule has 0 aliphatic carbocycles. The lowest BCUT2D eigenvalue weighted by Gasteiger charge is -2.28. The van der Waals surface area contributed by atoms with Gasteiger partial charge in [0.15, 0.2) is 5.96 Å². The third-order valence-corrected chi connectivity index (χ3v) is 10.9. The summed E-state index contributed by atoms with van der Waals surface area (Å²) in [5, 5.41) is 55.3. The molecule has 0 radical (unpaired) electrons. The molecular weight excluding hydrogens is 895 g/mol. The van der Waals surface area contributed by atoms with Crippen molar-refractivity contribution in [2.45, 2.75) is 94.7 Å². The van der Waals surface area contributed by atoms with Crippen LogP contribution in [0.5, 0.6) is 5.75 Å². The molecule has 372 valence electrons. The van der Waals surface area contributed by atoms with Gasteiger partial charge in [-0.05, 0) is 66.5 Å². The van der Waals surface area contributed by atoms with E-state index in [9.17, 15) is 54.0 Å². The van der Waals surface area contributed by atoms with E-state index in [0.717, 1.165) is 16.5 Å². The third-order valence-electron chi connectivity index (χ3n) is 10.9. The molecule has 6 amide bonds. The number of carbonyl (C=O) groups is 7. The number of rotatable bonds is 27. The van der Waals surface area contributed by atoms with Crippen LogP contribution in [0.25, 0.3) is 10.9 Å². The molecule has 0 fully saturated rings. The van der Waals surface area contributed by atoms with Crippen molar-refractivity contribution in [3.05, 3.63) is 102 Å². The van der Waals surface area contributed by atoms with Gasteiger partial charge in [0.05, 0.1) is 19.3 Å². The second kappa shape index (κ2) is 26.7. The summed E-state index contributed by atoms with van der Waals surface area (Å²) < 4.78 is 0. The number of aromatic nitrogens is 1. The van der Waals surface area contributed by atoms with Crippen molar-refractivity contribution in [1.29, 1.82) is 0 Å². The number of aromatic amines is 1. The van der Waals surface area contributed by atoms with Crippen molar-refractivity contribution in [2.24, 2.45) is 28.1 Å². The van der Waals surface area contributed by atoms with Gasteiger partial charge in [0.2, 0.25) is 35.4 Å². The second-order valence-electron chi connectivity index (χ2n) is 16.9. The molecule has 0 aliphatic rings. The summed E-state index contributed by atoms with van der Waals surface area (Å²) >= 11 is 0. The summed E-state index contributed by atoms with van der Waals surface area (Å²) in [4.78, 5) is 102. The van der Waals surface area contributed by atoms with E-state index in [2.05, 4.69) is 41.9 Å². The first-order valence-electron chi connectivity index (χ1n) is 22.3. The predicted octanol–water partition coefficient (Wildman–Crippen LogP) is -1.69. The Hall–Kier alpha value is -7.56. The number of para-hydroxylation sites is 1. The maximum Gasteiger partial charge on any atom is 0.328 e. The smallest absolute Gasteiger partial charge is 0.328 e. The van der Waals surface area contributed by atoms with E-state index < -0.39 is 96.9 Å². The zero-order valence-electron chi connectivity index (χ0n) is 38.4. The Balaban J connectivity index is 1.60. The fraction of sp³-hybridized carbons (Fsp3) is 0.404. The number of guanidine groups is 1. The van der Waals surface area contributed by atoms with Crippen molar-refractivity contribution in [3.63, 3.8) is 0 Å². The number of carboxylic acids is 1. The average Bonchev–Trinajstić information content (AvgIpc) is 3.72. The van der Waals surface area contributed by atoms with Crippen LogP contribution in [-0.2, 0) is 52.8 Å². The van der Waals surface area contributed by atoms with Crippen molar-refractivity contribution in [1.82, 2.24) is 36.9 Å². The van der Waals surface area contributed by atoms with Crippen LogP contribution in [0, 0.1) is 5.92 Å². The lowest BCUT2D eigenvalue weighted by molar-refractivity contribution is -0.143. The number of aliphatic imine (C=N–C) groups is 1. The largest absolute Gasteiger partial charge is 0.508 e. The highest BCUT2D eigenvalue weighted by Gasteiger charge is 2.34. The molecule has 0 unspecified atom stereocenters. The van der Waals surface area contributed by atoms with E-state index in [0.29, 0.717) is 11.1 Å². The molecule has 3 aromatic carbocycles. The van der Waals surface area contributed by atoms with Gasteiger partial charge in [0.1, 0.15) is 42.0 Å². The van der Waals surface area contributed by atoms with Crippen LogP contribution in [0.15, 0.2) is 90.1 Å². The molecule has 7 atom stereocenters. The Kier molecular flexibility index (Phi) is 20.9. The zero-order valence-corrected chi connectivity index (χ0v) is 38.4. The number of fused-ring (bicyclic) bond motifs is 1. The van der Waals surface area contributed by atoms with Crippen LogP contribution in [-0.4, -0.2) is 135 Å². The molecule has 0 aliphatic heterocycles. The van der Waals surface area contributed by atoms with Crippen molar-refractivity contribution < 1.29 is 54.0 Å². The first-order chi connectivity index (χ1) is 32.9. The molecule has 0 saturated carbocycles. The lowest BCUT2D eigenvalue weighted by atomic mass is 9.99. The number of phenolic OH excluding ortho intramolecular Hbond substituents is 1. The number of aliphatic hydroxyl groups excluding tert-OH is 2. The van der Waals surface area contributed by atoms with Crippen LogP contribution >= 0.6 is 0 Å². The molecule has 4 aromatic rings. The van der Waals surface area contributed by atoms with Crippen LogP contribution in [0.3, 0.4) is 0 Å². The Morgan fingerprint density at radius 2 is 1.12 bits per heavy atom. The second-order valence-corrected chi connectivity index (χ2v) is 16.9. The van der Waals surface area contributed by atoms with Gasteiger partial charge in [-0.1, -0.05) is 74.5 Å². The number of hydrogen-bond acceptors (Lipinski definition) is 12. The molecule has 1 aromatic heterocycles. The van der Waals surface area contributed by atoms with Gasteiger partial charge >= 0.3 is 5.97 Å². The highest BCUT2D eigenvalue weighted by atomic mass is 16.4. The van der Waals surface area contributed by atoms with Gasteiger partial charge < -0.3 is 74.5 Å². The molecule has 1 heterocycles.